The second-order valence-corrected chi connectivity index (χ2v) is 8.45. The predicted molar refractivity (Wildman–Crippen MR) is 105 cm³/mol. The number of carbonyl (C=O) groups excluding carboxylic acids is 1. The Morgan fingerprint density at radius 2 is 2.03 bits per heavy atom. The number of aryl methyl sites for hydroxylation is 1. The number of hydrogen-bond donors (Lipinski definition) is 0. The van der Waals surface area contributed by atoms with E-state index in [1.807, 2.05) is 24.3 Å². The molecule has 1 aliphatic heterocycles. The summed E-state index contributed by atoms with van der Waals surface area (Å²) in [4.78, 5) is 14.8. The van der Waals surface area contributed by atoms with Gasteiger partial charge < -0.3 is 4.90 Å². The quantitative estimate of drug-likeness (QED) is 0.546. The van der Waals surface area contributed by atoms with Crippen LogP contribution in [0.2, 0.25) is 5.02 Å². The van der Waals surface area contributed by atoms with Crippen LogP contribution in [0.3, 0.4) is 0 Å². The lowest BCUT2D eigenvalue weighted by atomic mass is 10.0. The van der Waals surface area contributed by atoms with Crippen LogP contribution in [0.15, 0.2) is 41.7 Å². The number of halogens is 4. The van der Waals surface area contributed by atoms with Gasteiger partial charge in [0, 0.05) is 18.4 Å². The fraction of sp³-hybridized carbons (Fsp3) is 0.316. The minimum Gasteiger partial charge on any atom is -0.311 e. The molecule has 1 aromatic carbocycles. The number of alkyl halides is 3. The number of fused-ring (bicyclic) bond motifs is 2. The van der Waals surface area contributed by atoms with E-state index in [1.54, 1.807) is 11.8 Å². The predicted octanol–water partition coefficient (Wildman–Crippen LogP) is 4.86. The molecule has 0 aliphatic carbocycles. The topological polar surface area (TPSA) is 50.5 Å². The maximum absolute atomic E-state index is 13.1. The van der Waals surface area contributed by atoms with Crippen molar-refractivity contribution >= 4 is 40.6 Å². The van der Waals surface area contributed by atoms with E-state index in [9.17, 15) is 18.0 Å². The first-order chi connectivity index (χ1) is 13.8. The van der Waals surface area contributed by atoms with Crippen molar-refractivity contribution in [2.24, 2.45) is 0 Å². The van der Waals surface area contributed by atoms with Crippen LogP contribution in [-0.2, 0) is 17.4 Å². The highest BCUT2D eigenvalue weighted by atomic mass is 35.5. The maximum atomic E-state index is 13.1. The van der Waals surface area contributed by atoms with Gasteiger partial charge >= 0.3 is 6.18 Å². The first-order valence-electron chi connectivity index (χ1n) is 8.93. The van der Waals surface area contributed by atoms with Crippen molar-refractivity contribution < 1.29 is 18.0 Å². The van der Waals surface area contributed by atoms with Gasteiger partial charge in [0.05, 0.1) is 15.8 Å². The summed E-state index contributed by atoms with van der Waals surface area (Å²) in [7, 11) is 0. The van der Waals surface area contributed by atoms with E-state index in [4.69, 9.17) is 11.6 Å². The van der Waals surface area contributed by atoms with E-state index < -0.39 is 17.0 Å². The summed E-state index contributed by atoms with van der Waals surface area (Å²) >= 11 is 7.01. The summed E-state index contributed by atoms with van der Waals surface area (Å²) < 4.78 is 40.6. The molecule has 0 radical (unpaired) electrons. The van der Waals surface area contributed by atoms with Gasteiger partial charge in [0.1, 0.15) is 0 Å². The average Bonchev–Trinajstić information content (AvgIpc) is 3.09. The lowest BCUT2D eigenvalue weighted by Gasteiger charge is -2.31. The number of rotatable bonds is 3. The Kier molecular flexibility index (Phi) is 5.20. The van der Waals surface area contributed by atoms with Gasteiger partial charge in [0.25, 0.3) is 0 Å². The second kappa shape index (κ2) is 7.53. The molecule has 1 atom stereocenters. The monoisotopic (exact) mass is 440 g/mol. The molecule has 2 aromatic heterocycles. The number of aromatic nitrogens is 3. The van der Waals surface area contributed by atoms with Gasteiger partial charge in [-0.05, 0) is 37.5 Å². The molecule has 152 valence electrons. The Balaban J connectivity index is 1.62. The molecular formula is C19H16ClF3N4OS. The minimum atomic E-state index is -4.55. The molecule has 1 amide bonds. The van der Waals surface area contributed by atoms with Crippen LogP contribution in [0.25, 0.3) is 5.65 Å². The molecule has 0 fully saturated rings. The Bertz CT molecular complexity index is 1080. The van der Waals surface area contributed by atoms with Gasteiger partial charge in [-0.3, -0.25) is 9.20 Å². The fourth-order valence-corrected chi connectivity index (χ4v) is 4.49. The van der Waals surface area contributed by atoms with Gasteiger partial charge in [-0.1, -0.05) is 41.6 Å². The van der Waals surface area contributed by atoms with Crippen LogP contribution in [0.5, 0.6) is 0 Å². The third-order valence-electron chi connectivity index (χ3n) is 4.76. The number of amides is 1. The van der Waals surface area contributed by atoms with Gasteiger partial charge in [-0.2, -0.15) is 13.2 Å². The lowest BCUT2D eigenvalue weighted by Crippen LogP contribution is -2.40. The Morgan fingerprint density at radius 1 is 1.28 bits per heavy atom. The number of carbonyl (C=O) groups is 1. The second-order valence-electron chi connectivity index (χ2n) is 6.73. The highest BCUT2D eigenvalue weighted by molar-refractivity contribution is 8.00. The van der Waals surface area contributed by atoms with Crippen molar-refractivity contribution in [1.29, 1.82) is 0 Å². The first kappa shape index (κ1) is 20.0. The van der Waals surface area contributed by atoms with Crippen LogP contribution in [0.1, 0.15) is 24.5 Å². The Labute approximate surface area is 173 Å². The zero-order valence-corrected chi connectivity index (χ0v) is 16.9. The summed E-state index contributed by atoms with van der Waals surface area (Å²) in [6.45, 7) is 2.31. The van der Waals surface area contributed by atoms with Gasteiger partial charge in [0.2, 0.25) is 5.91 Å². The number of anilines is 1. The molecule has 10 heteroatoms. The van der Waals surface area contributed by atoms with Crippen LogP contribution < -0.4 is 4.90 Å². The van der Waals surface area contributed by atoms with Crippen molar-refractivity contribution in [1.82, 2.24) is 14.6 Å². The summed E-state index contributed by atoms with van der Waals surface area (Å²) in [6.07, 6.45) is -1.88. The number of pyridine rings is 1. The normalized spacial score (nSPS) is 15.4. The third-order valence-corrected chi connectivity index (χ3v) is 6.08. The molecule has 3 aromatic rings. The molecule has 29 heavy (non-hydrogen) atoms. The van der Waals surface area contributed by atoms with Crippen molar-refractivity contribution in [2.45, 2.75) is 36.3 Å². The number of nitrogens with zero attached hydrogens (tertiary/aromatic N) is 4. The van der Waals surface area contributed by atoms with Gasteiger partial charge in [-0.15, -0.1) is 10.2 Å². The van der Waals surface area contributed by atoms with E-state index in [0.29, 0.717) is 6.54 Å². The van der Waals surface area contributed by atoms with Crippen LogP contribution in [-0.4, -0.2) is 32.3 Å². The van der Waals surface area contributed by atoms with Crippen LogP contribution in [0, 0.1) is 0 Å². The minimum absolute atomic E-state index is 0.116. The van der Waals surface area contributed by atoms with E-state index in [2.05, 4.69) is 10.2 Å². The highest BCUT2D eigenvalue weighted by Crippen LogP contribution is 2.35. The summed E-state index contributed by atoms with van der Waals surface area (Å²) in [6, 6.07) is 8.55. The summed E-state index contributed by atoms with van der Waals surface area (Å²) in [5, 5.41) is 7.28. The Hall–Kier alpha value is -2.26. The smallest absolute Gasteiger partial charge is 0.311 e. The van der Waals surface area contributed by atoms with Crippen LogP contribution >= 0.6 is 23.4 Å². The van der Waals surface area contributed by atoms with E-state index in [0.717, 1.165) is 48.1 Å². The van der Waals surface area contributed by atoms with E-state index in [1.165, 1.54) is 4.40 Å². The van der Waals surface area contributed by atoms with Crippen LogP contribution in [0.4, 0.5) is 18.9 Å². The molecule has 0 N–H and O–H groups in total. The summed E-state index contributed by atoms with van der Waals surface area (Å²) in [5.74, 6) is -0.128. The van der Waals surface area contributed by atoms with Gasteiger partial charge in [-0.25, -0.2) is 0 Å². The lowest BCUT2D eigenvalue weighted by molar-refractivity contribution is -0.137. The average molecular weight is 441 g/mol. The van der Waals surface area contributed by atoms with E-state index >= 15 is 0 Å². The third kappa shape index (κ3) is 3.81. The summed E-state index contributed by atoms with van der Waals surface area (Å²) in [5.41, 5.74) is 1.20. The molecule has 1 aliphatic rings. The number of hydrogen-bond acceptors (Lipinski definition) is 4. The maximum Gasteiger partial charge on any atom is 0.417 e. The molecule has 4 rings (SSSR count). The number of benzene rings is 1. The zero-order chi connectivity index (χ0) is 20.8. The molecule has 0 bridgehead atoms. The first-order valence-corrected chi connectivity index (χ1v) is 10.2. The van der Waals surface area contributed by atoms with Crippen molar-refractivity contribution in [2.75, 3.05) is 11.4 Å². The Morgan fingerprint density at radius 3 is 2.79 bits per heavy atom. The molecule has 3 heterocycles. The molecule has 0 spiro atoms. The zero-order valence-electron chi connectivity index (χ0n) is 15.3. The standard InChI is InChI=1S/C19H16ClF3N4OS/c1-11(17(28)26-8-4-6-12-5-2-3-7-15(12)26)29-18-25-24-16-14(20)9-13(10-27(16)18)19(21,22)23/h2-3,5,7,9-11H,4,6,8H2,1H3. The van der Waals surface area contributed by atoms with Crippen molar-refractivity contribution in [3.8, 4) is 0 Å². The molecule has 0 saturated carbocycles. The number of para-hydroxylation sites is 1. The SMILES string of the molecule is CC(Sc1nnc2c(Cl)cc(C(F)(F)F)cn12)C(=O)N1CCCc2ccccc21. The highest BCUT2D eigenvalue weighted by Gasteiger charge is 2.33. The van der Waals surface area contributed by atoms with E-state index in [-0.39, 0.29) is 21.7 Å². The molecular weight excluding hydrogens is 425 g/mol. The van der Waals surface area contributed by atoms with Crippen molar-refractivity contribution in [3.63, 3.8) is 0 Å². The molecule has 0 saturated heterocycles. The molecule has 1 unspecified atom stereocenters. The largest absolute Gasteiger partial charge is 0.417 e. The number of thioether (sulfide) groups is 1. The molecule has 5 nitrogen and oxygen atoms in total. The van der Waals surface area contributed by atoms with Gasteiger partial charge in [0.15, 0.2) is 10.8 Å². The fourth-order valence-electron chi connectivity index (χ4n) is 3.36. The van der Waals surface area contributed by atoms with Crippen molar-refractivity contribution in [3.05, 3.63) is 52.7 Å².